The molecular formula is C52H27N7. The molecule has 0 bridgehead atoms. The van der Waals surface area contributed by atoms with Gasteiger partial charge in [-0.05, 0) is 96.1 Å². The Morgan fingerprint density at radius 2 is 0.780 bits per heavy atom. The monoisotopic (exact) mass is 749 g/mol. The first-order valence-electron chi connectivity index (χ1n) is 19.1. The predicted molar refractivity (Wildman–Crippen MR) is 234 cm³/mol. The van der Waals surface area contributed by atoms with Gasteiger partial charge in [0.2, 0.25) is 0 Å². The van der Waals surface area contributed by atoms with E-state index >= 15 is 0 Å². The molecule has 3 aromatic heterocycles. The fourth-order valence-electron chi connectivity index (χ4n) is 9.13. The molecule has 0 saturated heterocycles. The molecule has 11 rings (SSSR count). The number of rotatable bonds is 4. The van der Waals surface area contributed by atoms with E-state index in [-0.39, 0.29) is 0 Å². The SMILES string of the molecule is N#Cc1ccc(-n2c3ccccc3c3c2c2c4ccccc4n(-c4ccc(-c5ccccc5C#N)cc4C#N)c2c2c4ccccc4n(-c4ccc(C#N)cc4)c32)cc1. The van der Waals surface area contributed by atoms with Crippen LogP contribution >= 0.6 is 0 Å². The van der Waals surface area contributed by atoms with E-state index in [2.05, 4.69) is 105 Å². The zero-order chi connectivity index (χ0) is 39.8. The number of nitrogens with zero attached hydrogens (tertiary/aromatic N) is 7. The standard InChI is InChI=1S/C52H27N7/c53-28-32-17-22-37(23-18-32)57-44-14-6-3-11-40(44)47-50-48(41-12-4-7-15-45(41)58(50)38-24-19-33(29-54)20-25-38)52-49(51(47)57)42-13-5-8-16-46(42)59(52)43-26-21-34(27-36(43)31-56)39-10-2-1-9-35(39)30-55/h1-27H. The number of hydrogen-bond acceptors (Lipinski definition) is 4. The average molecular weight is 750 g/mol. The summed E-state index contributed by atoms with van der Waals surface area (Å²) in [5.74, 6) is 0. The molecule has 0 fully saturated rings. The maximum absolute atomic E-state index is 11.0. The normalized spacial score (nSPS) is 11.3. The lowest BCUT2D eigenvalue weighted by Gasteiger charge is -2.15. The molecule has 3 heterocycles. The number of hydrogen-bond donors (Lipinski definition) is 0. The van der Waals surface area contributed by atoms with Crippen molar-refractivity contribution in [3.63, 3.8) is 0 Å². The van der Waals surface area contributed by atoms with Gasteiger partial charge < -0.3 is 13.7 Å². The Morgan fingerprint density at radius 3 is 1.25 bits per heavy atom. The molecule has 0 radical (unpaired) electrons. The molecule has 0 aliphatic rings. The van der Waals surface area contributed by atoms with E-state index in [0.717, 1.165) is 87.9 Å². The number of fused-ring (bicyclic) bond motifs is 12. The highest BCUT2D eigenvalue weighted by molar-refractivity contribution is 6.40. The summed E-state index contributed by atoms with van der Waals surface area (Å²) in [5, 5.41) is 46.7. The van der Waals surface area contributed by atoms with Crippen LogP contribution < -0.4 is 0 Å². The summed E-state index contributed by atoms with van der Waals surface area (Å²) >= 11 is 0. The minimum absolute atomic E-state index is 0.467. The summed E-state index contributed by atoms with van der Waals surface area (Å²) in [4.78, 5) is 0. The largest absolute Gasteiger partial charge is 0.308 e. The smallest absolute Gasteiger partial charge is 0.101 e. The quantitative estimate of drug-likeness (QED) is 0.178. The van der Waals surface area contributed by atoms with Gasteiger partial charge in [0, 0.05) is 43.7 Å². The summed E-state index contributed by atoms with van der Waals surface area (Å²) in [6.45, 7) is 0. The summed E-state index contributed by atoms with van der Waals surface area (Å²) in [6, 6.07) is 63.4. The Morgan fingerprint density at radius 1 is 0.356 bits per heavy atom. The van der Waals surface area contributed by atoms with Crippen LogP contribution in [0, 0.1) is 45.3 Å². The summed E-state index contributed by atoms with van der Waals surface area (Å²) < 4.78 is 6.85. The van der Waals surface area contributed by atoms with Crippen molar-refractivity contribution in [2.45, 2.75) is 0 Å². The van der Waals surface area contributed by atoms with Crippen molar-refractivity contribution in [1.82, 2.24) is 13.7 Å². The third kappa shape index (κ3) is 4.71. The highest BCUT2D eigenvalue weighted by Crippen LogP contribution is 2.50. The van der Waals surface area contributed by atoms with Gasteiger partial charge in [-0.3, -0.25) is 0 Å². The molecule has 0 unspecified atom stereocenters. The molecule has 59 heavy (non-hydrogen) atoms. The van der Waals surface area contributed by atoms with Crippen molar-refractivity contribution < 1.29 is 0 Å². The third-order valence-corrected chi connectivity index (χ3v) is 11.6. The Labute approximate surface area is 337 Å². The highest BCUT2D eigenvalue weighted by Gasteiger charge is 2.29. The second-order valence-corrected chi connectivity index (χ2v) is 14.5. The Balaban J connectivity index is 1.42. The molecule has 0 saturated carbocycles. The first kappa shape index (κ1) is 33.5. The molecule has 7 heteroatoms. The number of para-hydroxylation sites is 3. The molecule has 8 aromatic carbocycles. The van der Waals surface area contributed by atoms with Gasteiger partial charge in [0.1, 0.15) is 6.07 Å². The van der Waals surface area contributed by atoms with Crippen molar-refractivity contribution in [3.05, 3.63) is 186 Å². The van der Waals surface area contributed by atoms with E-state index in [1.807, 2.05) is 91.0 Å². The van der Waals surface area contributed by atoms with Crippen LogP contribution in [-0.4, -0.2) is 13.7 Å². The first-order chi connectivity index (χ1) is 29.1. The summed E-state index contributed by atoms with van der Waals surface area (Å²) in [6.07, 6.45) is 0. The van der Waals surface area contributed by atoms with Crippen LogP contribution in [0.2, 0.25) is 0 Å². The van der Waals surface area contributed by atoms with Crippen LogP contribution in [0.3, 0.4) is 0 Å². The second kappa shape index (κ2) is 12.8. The third-order valence-electron chi connectivity index (χ3n) is 11.6. The topological polar surface area (TPSA) is 110 Å². The number of nitriles is 4. The Bertz CT molecular complexity index is 3670. The first-order valence-corrected chi connectivity index (χ1v) is 19.1. The van der Waals surface area contributed by atoms with Crippen molar-refractivity contribution in [2.24, 2.45) is 0 Å². The predicted octanol–water partition coefficient (Wildman–Crippen LogP) is 12.1. The molecule has 0 atom stereocenters. The number of benzene rings is 8. The highest BCUT2D eigenvalue weighted by atomic mass is 15.0. The molecule has 11 aromatic rings. The minimum Gasteiger partial charge on any atom is -0.308 e. The fraction of sp³-hybridized carbons (Fsp3) is 0. The van der Waals surface area contributed by atoms with Crippen LogP contribution in [0.4, 0.5) is 0 Å². The lowest BCUT2D eigenvalue weighted by molar-refractivity contribution is 1.16. The summed E-state index contributed by atoms with van der Waals surface area (Å²) in [5.41, 5.74) is 12.1. The van der Waals surface area contributed by atoms with Gasteiger partial charge in [-0.2, -0.15) is 21.0 Å². The maximum Gasteiger partial charge on any atom is 0.101 e. The van der Waals surface area contributed by atoms with Gasteiger partial charge in [-0.15, -0.1) is 0 Å². The molecule has 0 spiro atoms. The van der Waals surface area contributed by atoms with E-state index in [1.165, 1.54) is 0 Å². The maximum atomic E-state index is 11.0. The molecule has 270 valence electrons. The van der Waals surface area contributed by atoms with Gasteiger partial charge in [-0.1, -0.05) is 78.9 Å². The molecule has 7 nitrogen and oxygen atoms in total. The van der Waals surface area contributed by atoms with Crippen LogP contribution in [0.5, 0.6) is 0 Å². The van der Waals surface area contributed by atoms with Crippen molar-refractivity contribution >= 4 is 65.4 Å². The average Bonchev–Trinajstić information content (AvgIpc) is 3.95. The van der Waals surface area contributed by atoms with Gasteiger partial charge in [-0.25, -0.2) is 0 Å². The van der Waals surface area contributed by atoms with Gasteiger partial charge >= 0.3 is 0 Å². The number of aromatic nitrogens is 3. The van der Waals surface area contributed by atoms with Crippen LogP contribution in [0.15, 0.2) is 164 Å². The zero-order valence-electron chi connectivity index (χ0n) is 31.2. The lowest BCUT2D eigenvalue weighted by atomic mass is 9.98. The van der Waals surface area contributed by atoms with Gasteiger partial charge in [0.15, 0.2) is 0 Å². The van der Waals surface area contributed by atoms with E-state index in [0.29, 0.717) is 27.9 Å². The van der Waals surface area contributed by atoms with Crippen molar-refractivity contribution in [1.29, 1.82) is 21.0 Å². The van der Waals surface area contributed by atoms with E-state index in [1.54, 1.807) is 6.07 Å². The lowest BCUT2D eigenvalue weighted by Crippen LogP contribution is -2.00. The molecule has 0 aliphatic carbocycles. The van der Waals surface area contributed by atoms with Gasteiger partial charge in [0.25, 0.3) is 0 Å². The second-order valence-electron chi connectivity index (χ2n) is 14.5. The zero-order valence-corrected chi connectivity index (χ0v) is 31.2. The molecule has 0 amide bonds. The van der Waals surface area contributed by atoms with Crippen molar-refractivity contribution in [3.8, 4) is 52.5 Å². The van der Waals surface area contributed by atoms with Crippen LogP contribution in [-0.2, 0) is 0 Å². The van der Waals surface area contributed by atoms with E-state index in [4.69, 9.17) is 0 Å². The molecular weight excluding hydrogens is 723 g/mol. The summed E-state index contributed by atoms with van der Waals surface area (Å²) in [7, 11) is 0. The van der Waals surface area contributed by atoms with Crippen LogP contribution in [0.1, 0.15) is 22.3 Å². The van der Waals surface area contributed by atoms with Crippen LogP contribution in [0.25, 0.3) is 93.6 Å². The molecule has 0 N–H and O–H groups in total. The van der Waals surface area contributed by atoms with E-state index < -0.39 is 0 Å². The van der Waals surface area contributed by atoms with Crippen molar-refractivity contribution in [2.75, 3.05) is 0 Å². The Kier molecular flexibility index (Phi) is 7.28. The van der Waals surface area contributed by atoms with Gasteiger partial charge in [0.05, 0.1) is 79.2 Å². The fourth-order valence-corrected chi connectivity index (χ4v) is 9.13. The van der Waals surface area contributed by atoms with E-state index in [9.17, 15) is 21.0 Å². The molecule has 0 aliphatic heterocycles. The minimum atomic E-state index is 0.467. The Hall–Kier alpha value is -8.88.